The number of hydrogen-bond donors (Lipinski definition) is 1. The third kappa shape index (κ3) is 4.90. The molecular formula is C22H20N6O. The Bertz CT molecular complexity index is 1060. The van der Waals surface area contributed by atoms with Gasteiger partial charge in [0.1, 0.15) is 5.82 Å². The molecule has 0 aliphatic rings. The van der Waals surface area contributed by atoms with Gasteiger partial charge in [-0.2, -0.15) is 4.80 Å². The van der Waals surface area contributed by atoms with Crippen LogP contribution in [-0.4, -0.2) is 31.1 Å². The number of nitrogens with one attached hydrogen (secondary N) is 1. The molecule has 144 valence electrons. The van der Waals surface area contributed by atoms with Crippen LogP contribution in [0.3, 0.4) is 0 Å². The zero-order valence-corrected chi connectivity index (χ0v) is 15.8. The van der Waals surface area contributed by atoms with E-state index in [9.17, 15) is 4.79 Å². The second kappa shape index (κ2) is 8.88. The molecule has 29 heavy (non-hydrogen) atoms. The lowest BCUT2D eigenvalue weighted by molar-refractivity contribution is -0.116. The zero-order valence-electron chi connectivity index (χ0n) is 15.8. The molecule has 0 saturated heterocycles. The van der Waals surface area contributed by atoms with E-state index in [1.165, 1.54) is 4.80 Å². The van der Waals surface area contributed by atoms with E-state index in [0.29, 0.717) is 31.0 Å². The van der Waals surface area contributed by atoms with Gasteiger partial charge < -0.3 is 5.32 Å². The normalized spacial score (nSPS) is 10.6. The van der Waals surface area contributed by atoms with Crippen LogP contribution in [0.1, 0.15) is 12.8 Å². The number of aromatic nitrogens is 5. The van der Waals surface area contributed by atoms with E-state index in [1.807, 2.05) is 72.8 Å². The largest absolute Gasteiger partial charge is 0.311 e. The number of anilines is 1. The lowest BCUT2D eigenvalue weighted by Gasteiger charge is -2.06. The van der Waals surface area contributed by atoms with Gasteiger partial charge in [0, 0.05) is 23.7 Å². The first-order valence-electron chi connectivity index (χ1n) is 9.42. The third-order valence-electron chi connectivity index (χ3n) is 4.38. The van der Waals surface area contributed by atoms with Crippen molar-refractivity contribution in [1.82, 2.24) is 25.2 Å². The average Bonchev–Trinajstić information content (AvgIpc) is 3.24. The van der Waals surface area contributed by atoms with Gasteiger partial charge in [-0.15, -0.1) is 10.2 Å². The van der Waals surface area contributed by atoms with Crippen molar-refractivity contribution in [3.63, 3.8) is 0 Å². The van der Waals surface area contributed by atoms with Crippen molar-refractivity contribution in [2.75, 3.05) is 5.32 Å². The quantitative estimate of drug-likeness (QED) is 0.523. The summed E-state index contributed by atoms with van der Waals surface area (Å²) in [6.45, 7) is 0.521. The summed E-state index contributed by atoms with van der Waals surface area (Å²) < 4.78 is 0. The summed E-state index contributed by atoms with van der Waals surface area (Å²) in [6.07, 6.45) is 2.72. The third-order valence-corrected chi connectivity index (χ3v) is 4.38. The maximum absolute atomic E-state index is 12.2. The molecule has 0 bridgehead atoms. The minimum Gasteiger partial charge on any atom is -0.311 e. The molecule has 1 amide bonds. The van der Waals surface area contributed by atoms with Crippen LogP contribution in [0.5, 0.6) is 0 Å². The Balaban J connectivity index is 1.26. The number of rotatable bonds is 7. The van der Waals surface area contributed by atoms with Crippen molar-refractivity contribution in [2.24, 2.45) is 0 Å². The van der Waals surface area contributed by atoms with Crippen molar-refractivity contribution in [3.05, 3.63) is 79.0 Å². The first-order chi connectivity index (χ1) is 14.3. The maximum Gasteiger partial charge on any atom is 0.225 e. The van der Waals surface area contributed by atoms with E-state index in [-0.39, 0.29) is 5.91 Å². The molecule has 0 spiro atoms. The molecule has 2 heterocycles. The zero-order chi connectivity index (χ0) is 19.9. The van der Waals surface area contributed by atoms with Gasteiger partial charge in [-0.05, 0) is 29.3 Å². The minimum atomic E-state index is -0.0895. The van der Waals surface area contributed by atoms with Gasteiger partial charge in [-0.25, -0.2) is 4.98 Å². The molecule has 2 aromatic heterocycles. The number of carbonyl (C=O) groups excluding carboxylic acids is 1. The Kier molecular flexibility index (Phi) is 5.66. The SMILES string of the molecule is O=C(CCCn1nnc(-c2ccccc2)n1)Nc1ccc(-c2ccccc2)cn1. The summed E-state index contributed by atoms with van der Waals surface area (Å²) in [5.41, 5.74) is 3.02. The van der Waals surface area contributed by atoms with E-state index in [1.54, 1.807) is 6.20 Å². The van der Waals surface area contributed by atoms with E-state index >= 15 is 0 Å². The van der Waals surface area contributed by atoms with E-state index in [4.69, 9.17) is 0 Å². The predicted molar refractivity (Wildman–Crippen MR) is 111 cm³/mol. The fourth-order valence-corrected chi connectivity index (χ4v) is 2.90. The first-order valence-corrected chi connectivity index (χ1v) is 9.42. The summed E-state index contributed by atoms with van der Waals surface area (Å²) in [7, 11) is 0. The smallest absolute Gasteiger partial charge is 0.225 e. The van der Waals surface area contributed by atoms with Gasteiger partial charge in [0.2, 0.25) is 11.7 Å². The summed E-state index contributed by atoms with van der Waals surface area (Å²) >= 11 is 0. The molecule has 0 atom stereocenters. The van der Waals surface area contributed by atoms with Gasteiger partial charge in [0.05, 0.1) is 6.54 Å². The van der Waals surface area contributed by atoms with Gasteiger partial charge >= 0.3 is 0 Å². The molecule has 0 radical (unpaired) electrons. The number of aryl methyl sites for hydroxylation is 1. The van der Waals surface area contributed by atoms with Crippen molar-refractivity contribution in [2.45, 2.75) is 19.4 Å². The van der Waals surface area contributed by atoms with Gasteiger partial charge in [-0.1, -0.05) is 60.7 Å². The Labute approximate surface area is 168 Å². The number of hydrogen-bond acceptors (Lipinski definition) is 5. The number of amides is 1. The van der Waals surface area contributed by atoms with Gasteiger partial charge in [-0.3, -0.25) is 4.79 Å². The van der Waals surface area contributed by atoms with E-state index in [0.717, 1.165) is 16.7 Å². The lowest BCUT2D eigenvalue weighted by Crippen LogP contribution is -2.14. The van der Waals surface area contributed by atoms with Gasteiger partial charge in [0.25, 0.3) is 0 Å². The lowest BCUT2D eigenvalue weighted by atomic mass is 10.1. The fraction of sp³-hybridized carbons (Fsp3) is 0.136. The summed E-state index contributed by atoms with van der Waals surface area (Å²) in [5.74, 6) is 1.03. The highest BCUT2D eigenvalue weighted by atomic mass is 16.1. The monoisotopic (exact) mass is 384 g/mol. The molecule has 2 aromatic carbocycles. The Morgan fingerprint density at radius 3 is 2.28 bits per heavy atom. The second-order valence-corrected chi connectivity index (χ2v) is 6.52. The average molecular weight is 384 g/mol. The van der Waals surface area contributed by atoms with Gasteiger partial charge in [0.15, 0.2) is 0 Å². The van der Waals surface area contributed by atoms with Crippen molar-refractivity contribution >= 4 is 11.7 Å². The number of pyridine rings is 1. The van der Waals surface area contributed by atoms with Crippen molar-refractivity contribution < 1.29 is 4.79 Å². The molecule has 0 aliphatic heterocycles. The van der Waals surface area contributed by atoms with Crippen LogP contribution in [0.25, 0.3) is 22.5 Å². The highest BCUT2D eigenvalue weighted by Gasteiger charge is 2.07. The van der Waals surface area contributed by atoms with Crippen LogP contribution < -0.4 is 5.32 Å². The Morgan fingerprint density at radius 1 is 0.862 bits per heavy atom. The Hall–Kier alpha value is -3.87. The molecule has 4 rings (SSSR count). The summed E-state index contributed by atoms with van der Waals surface area (Å²) in [6, 6.07) is 23.4. The predicted octanol–water partition coefficient (Wildman–Crippen LogP) is 3.82. The van der Waals surface area contributed by atoms with E-state index < -0.39 is 0 Å². The van der Waals surface area contributed by atoms with Crippen LogP contribution in [0, 0.1) is 0 Å². The standard InChI is InChI=1S/C22H20N6O/c29-21(24-20-14-13-19(16-23-20)17-8-3-1-4-9-17)12-7-15-28-26-22(25-27-28)18-10-5-2-6-11-18/h1-6,8-11,13-14,16H,7,12,15H2,(H,23,24,29). The molecule has 7 heteroatoms. The Morgan fingerprint density at radius 2 is 1.59 bits per heavy atom. The molecule has 0 saturated carbocycles. The van der Waals surface area contributed by atoms with Crippen LogP contribution in [0.2, 0.25) is 0 Å². The number of benzene rings is 2. The minimum absolute atomic E-state index is 0.0895. The van der Waals surface area contributed by atoms with Crippen molar-refractivity contribution in [1.29, 1.82) is 0 Å². The molecule has 1 N–H and O–H groups in total. The first kappa shape index (κ1) is 18.5. The maximum atomic E-state index is 12.2. The molecule has 7 nitrogen and oxygen atoms in total. The number of nitrogens with zero attached hydrogens (tertiary/aromatic N) is 5. The number of carbonyl (C=O) groups is 1. The van der Waals surface area contributed by atoms with E-state index in [2.05, 4.69) is 25.7 Å². The fourth-order valence-electron chi connectivity index (χ4n) is 2.90. The molecular weight excluding hydrogens is 364 g/mol. The van der Waals surface area contributed by atoms with Crippen LogP contribution >= 0.6 is 0 Å². The highest BCUT2D eigenvalue weighted by molar-refractivity contribution is 5.89. The highest BCUT2D eigenvalue weighted by Crippen LogP contribution is 2.19. The summed E-state index contributed by atoms with van der Waals surface area (Å²) in [4.78, 5) is 18.0. The topological polar surface area (TPSA) is 85.6 Å². The van der Waals surface area contributed by atoms with Crippen LogP contribution in [0.4, 0.5) is 5.82 Å². The molecule has 0 unspecified atom stereocenters. The molecule has 0 fully saturated rings. The summed E-state index contributed by atoms with van der Waals surface area (Å²) in [5, 5.41) is 15.3. The van der Waals surface area contributed by atoms with Crippen LogP contribution in [-0.2, 0) is 11.3 Å². The number of tetrazole rings is 1. The molecule has 4 aromatic rings. The second-order valence-electron chi connectivity index (χ2n) is 6.52. The van der Waals surface area contributed by atoms with Crippen molar-refractivity contribution in [3.8, 4) is 22.5 Å². The molecule has 0 aliphatic carbocycles. The van der Waals surface area contributed by atoms with Crippen LogP contribution in [0.15, 0.2) is 79.0 Å².